The van der Waals surface area contributed by atoms with E-state index in [9.17, 15) is 38.7 Å². The first-order chi connectivity index (χ1) is 17.5. The Hall–Kier alpha value is -5.32. The van der Waals surface area contributed by atoms with E-state index in [2.05, 4.69) is 0 Å². The molecular weight excluding hydrogens is 490 g/mol. The highest BCUT2D eigenvalue weighted by atomic mass is 19.1. The Balaban J connectivity index is 1.74. The van der Waals surface area contributed by atoms with Crippen LogP contribution >= 0.6 is 0 Å². The van der Waals surface area contributed by atoms with Crippen LogP contribution in [-0.2, 0) is 0 Å². The third kappa shape index (κ3) is 5.05. The van der Waals surface area contributed by atoms with Gasteiger partial charge in [-0.2, -0.15) is 0 Å². The minimum absolute atomic E-state index is 0.0171. The van der Waals surface area contributed by atoms with Crippen molar-refractivity contribution in [2.45, 2.75) is 0 Å². The van der Waals surface area contributed by atoms with Gasteiger partial charge in [0, 0.05) is 17.2 Å². The fourth-order valence-electron chi connectivity index (χ4n) is 3.67. The molecule has 0 unspecified atom stereocenters. The highest BCUT2D eigenvalue weighted by Crippen LogP contribution is 2.39. The van der Waals surface area contributed by atoms with Crippen molar-refractivity contribution in [3.8, 4) is 33.8 Å². The monoisotopic (exact) mass is 506 g/mol. The predicted molar refractivity (Wildman–Crippen MR) is 128 cm³/mol. The maximum Gasteiger partial charge on any atom is 0.343 e. The number of carbonyl (C=O) groups excluding carboxylic acids is 1. The lowest BCUT2D eigenvalue weighted by atomic mass is 10.0. The van der Waals surface area contributed by atoms with Crippen molar-refractivity contribution in [1.82, 2.24) is 0 Å². The Morgan fingerprint density at radius 2 is 1.43 bits per heavy atom. The number of phenols is 1. The number of aromatic carboxylic acids is 1. The molecule has 0 amide bonds. The third-order valence-electron chi connectivity index (χ3n) is 5.36. The lowest BCUT2D eigenvalue weighted by Crippen LogP contribution is -2.11. The minimum atomic E-state index is -1.22. The molecule has 0 aromatic heterocycles. The van der Waals surface area contributed by atoms with E-state index < -0.39 is 39.9 Å². The number of aromatic hydroxyl groups is 1. The highest BCUT2D eigenvalue weighted by Gasteiger charge is 2.22. The number of esters is 1. The van der Waals surface area contributed by atoms with Gasteiger partial charge in [0.15, 0.2) is 5.75 Å². The van der Waals surface area contributed by atoms with Crippen molar-refractivity contribution >= 4 is 23.3 Å². The fourth-order valence-corrected chi connectivity index (χ4v) is 3.67. The number of carboxylic acid groups (broad SMARTS) is 1. The van der Waals surface area contributed by atoms with Crippen LogP contribution in [0.1, 0.15) is 20.7 Å². The zero-order chi connectivity index (χ0) is 26.9. The molecule has 0 aliphatic rings. The molecule has 9 nitrogen and oxygen atoms in total. The topological polar surface area (TPSA) is 153 Å². The first-order valence-electron chi connectivity index (χ1n) is 10.5. The molecule has 0 aliphatic carbocycles. The molecule has 0 fully saturated rings. The van der Waals surface area contributed by atoms with Gasteiger partial charge in [0.1, 0.15) is 11.6 Å². The van der Waals surface area contributed by atoms with Gasteiger partial charge in [-0.15, -0.1) is 0 Å². The molecule has 4 aromatic rings. The van der Waals surface area contributed by atoms with Gasteiger partial charge >= 0.3 is 17.6 Å². The van der Waals surface area contributed by atoms with Gasteiger partial charge in [-0.25, -0.2) is 18.4 Å². The summed E-state index contributed by atoms with van der Waals surface area (Å²) < 4.78 is 33.6. The predicted octanol–water partition coefficient (Wildman–Crippen LogP) is 5.41. The van der Waals surface area contributed by atoms with Crippen LogP contribution in [0.15, 0.2) is 72.8 Å². The Kier molecular flexibility index (Phi) is 6.53. The summed E-state index contributed by atoms with van der Waals surface area (Å²) in [5.74, 6) is -4.94. The van der Waals surface area contributed by atoms with E-state index in [0.29, 0.717) is 6.07 Å². The number of hydrogen-bond acceptors (Lipinski definition) is 7. The number of nitrogen functional groups attached to an aromatic ring is 1. The van der Waals surface area contributed by atoms with E-state index in [-0.39, 0.29) is 44.8 Å². The second-order valence-corrected chi connectivity index (χ2v) is 7.81. The lowest BCUT2D eigenvalue weighted by molar-refractivity contribution is -0.386. The molecule has 0 saturated heterocycles. The maximum atomic E-state index is 14.2. The van der Waals surface area contributed by atoms with E-state index in [1.165, 1.54) is 48.5 Å². The van der Waals surface area contributed by atoms with Crippen LogP contribution in [0.5, 0.6) is 11.5 Å². The number of nitro benzene ring substituents is 1. The molecule has 4 rings (SSSR count). The number of nitrogens with zero attached hydrogens (tertiary/aromatic N) is 1. The van der Waals surface area contributed by atoms with Gasteiger partial charge in [-0.05, 0) is 47.5 Å². The zero-order valence-electron chi connectivity index (χ0n) is 18.6. The Morgan fingerprint density at radius 3 is 2.08 bits per heavy atom. The van der Waals surface area contributed by atoms with Crippen molar-refractivity contribution in [1.29, 1.82) is 0 Å². The molecule has 0 bridgehead atoms. The number of carboxylic acids is 1. The molecular formula is C26H16F2N2O7. The molecule has 11 heteroatoms. The molecule has 4 aromatic carbocycles. The number of ether oxygens (including phenoxy) is 1. The first kappa shape index (κ1) is 24.8. The van der Waals surface area contributed by atoms with Crippen LogP contribution in [0, 0.1) is 21.7 Å². The molecule has 0 saturated carbocycles. The van der Waals surface area contributed by atoms with Gasteiger partial charge < -0.3 is 20.7 Å². The summed E-state index contributed by atoms with van der Waals surface area (Å²) in [6, 6.07) is 14.2. The van der Waals surface area contributed by atoms with Crippen molar-refractivity contribution in [3.63, 3.8) is 0 Å². The molecule has 0 radical (unpaired) electrons. The molecule has 0 spiro atoms. The number of hydrogen-bond donors (Lipinski definition) is 3. The van der Waals surface area contributed by atoms with Gasteiger partial charge in [0.2, 0.25) is 5.75 Å². The maximum absolute atomic E-state index is 14.2. The Bertz CT molecular complexity index is 1590. The number of anilines is 1. The zero-order valence-corrected chi connectivity index (χ0v) is 18.6. The molecule has 37 heavy (non-hydrogen) atoms. The number of nitrogens with two attached hydrogens (primary N) is 1. The van der Waals surface area contributed by atoms with Crippen molar-refractivity contribution in [2.24, 2.45) is 0 Å². The third-order valence-corrected chi connectivity index (χ3v) is 5.36. The van der Waals surface area contributed by atoms with Crippen LogP contribution in [0.2, 0.25) is 0 Å². The number of halogens is 2. The molecule has 0 heterocycles. The fraction of sp³-hybridized carbons (Fsp3) is 0. The summed E-state index contributed by atoms with van der Waals surface area (Å²) in [7, 11) is 0. The van der Waals surface area contributed by atoms with E-state index in [4.69, 9.17) is 10.5 Å². The van der Waals surface area contributed by atoms with Gasteiger partial charge in [-0.3, -0.25) is 10.1 Å². The average Bonchev–Trinajstić information content (AvgIpc) is 2.86. The van der Waals surface area contributed by atoms with Crippen molar-refractivity contribution < 1.29 is 38.2 Å². The quantitative estimate of drug-likeness (QED) is 0.103. The van der Waals surface area contributed by atoms with Crippen LogP contribution in [0.4, 0.5) is 20.2 Å². The first-order valence-corrected chi connectivity index (χ1v) is 10.5. The molecule has 4 N–H and O–H groups in total. The average molecular weight is 506 g/mol. The Labute approximate surface area is 207 Å². The number of rotatable bonds is 6. The number of benzene rings is 4. The summed E-state index contributed by atoms with van der Waals surface area (Å²) in [5.41, 5.74) is 4.73. The van der Waals surface area contributed by atoms with E-state index in [1.807, 2.05) is 0 Å². The largest absolute Gasteiger partial charge is 0.502 e. The summed E-state index contributed by atoms with van der Waals surface area (Å²) >= 11 is 0. The summed E-state index contributed by atoms with van der Waals surface area (Å²) in [6.45, 7) is 0. The summed E-state index contributed by atoms with van der Waals surface area (Å²) in [5, 5.41) is 30.7. The van der Waals surface area contributed by atoms with Crippen LogP contribution < -0.4 is 10.5 Å². The summed E-state index contributed by atoms with van der Waals surface area (Å²) in [6.07, 6.45) is 0. The van der Waals surface area contributed by atoms with Gasteiger partial charge in [0.25, 0.3) is 0 Å². The number of carbonyl (C=O) groups is 2. The smallest absolute Gasteiger partial charge is 0.343 e. The van der Waals surface area contributed by atoms with Crippen molar-refractivity contribution in [3.05, 3.63) is 106 Å². The SMILES string of the molecule is Nc1cc(F)cc(-c2cccc(C(=O)O)c2)c1OC(=O)c1cccc(-c2cc(F)cc([N+](=O)[O-])c2O)c1. The molecule has 0 aliphatic heterocycles. The van der Waals surface area contributed by atoms with E-state index in [0.717, 1.165) is 18.2 Å². The molecule has 186 valence electrons. The van der Waals surface area contributed by atoms with Crippen LogP contribution in [0.3, 0.4) is 0 Å². The number of phenolic OH excluding ortho intramolecular Hbond substituents is 1. The number of nitro groups is 1. The van der Waals surface area contributed by atoms with Crippen molar-refractivity contribution in [2.75, 3.05) is 5.73 Å². The van der Waals surface area contributed by atoms with Gasteiger partial charge in [-0.1, -0.05) is 24.3 Å². The lowest BCUT2D eigenvalue weighted by Gasteiger charge is -2.14. The molecule has 0 atom stereocenters. The van der Waals surface area contributed by atoms with Crippen LogP contribution in [-0.4, -0.2) is 27.1 Å². The van der Waals surface area contributed by atoms with Crippen LogP contribution in [0.25, 0.3) is 22.3 Å². The Morgan fingerprint density at radius 1 is 0.865 bits per heavy atom. The highest BCUT2D eigenvalue weighted by molar-refractivity contribution is 5.96. The second kappa shape index (κ2) is 9.74. The van der Waals surface area contributed by atoms with E-state index >= 15 is 0 Å². The normalized spacial score (nSPS) is 10.6. The standard InChI is InChI=1S/C26H16F2N2O7/c27-17-10-20(14-4-1-5-15(7-14)25(32)33)24(21(29)11-17)37-26(34)16-6-2-3-13(8-16)19-9-18(28)12-22(23(19)31)30(35)36/h1-12,31H,29H2,(H,32,33). The van der Waals surface area contributed by atoms with E-state index in [1.54, 1.807) is 0 Å². The minimum Gasteiger partial charge on any atom is -0.502 e. The second-order valence-electron chi connectivity index (χ2n) is 7.81. The summed E-state index contributed by atoms with van der Waals surface area (Å²) in [4.78, 5) is 34.6. The van der Waals surface area contributed by atoms with Gasteiger partial charge in [0.05, 0.1) is 27.8 Å².